The maximum atomic E-state index is 11.6. The van der Waals surface area contributed by atoms with E-state index < -0.39 is 0 Å². The molecule has 0 aromatic heterocycles. The molecule has 1 aliphatic heterocycles. The Morgan fingerprint density at radius 2 is 1.89 bits per heavy atom. The summed E-state index contributed by atoms with van der Waals surface area (Å²) in [7, 11) is 0. The van der Waals surface area contributed by atoms with Crippen LogP contribution in [0.25, 0.3) is 0 Å². The predicted molar refractivity (Wildman–Crippen MR) is 80.1 cm³/mol. The predicted octanol–water partition coefficient (Wildman–Crippen LogP) is 4.49. The lowest BCUT2D eigenvalue weighted by atomic mass is 9.80. The smallest absolute Gasteiger partial charge is 0.220 e. The minimum absolute atomic E-state index is 0.0861. The second kappa shape index (κ2) is 5.51. The van der Waals surface area contributed by atoms with Crippen LogP contribution in [-0.2, 0) is 11.2 Å². The molecule has 2 rings (SSSR count). The van der Waals surface area contributed by atoms with E-state index in [0.717, 1.165) is 12.0 Å². The summed E-state index contributed by atoms with van der Waals surface area (Å²) in [4.78, 5) is 11.6. The second-order valence-corrected chi connectivity index (χ2v) is 6.55. The van der Waals surface area contributed by atoms with Crippen molar-refractivity contribution in [3.05, 3.63) is 32.8 Å². The van der Waals surface area contributed by atoms with Crippen LogP contribution >= 0.6 is 34.8 Å². The number of carbonyl (C=O) groups excluding carboxylic acids is 1. The van der Waals surface area contributed by atoms with Crippen LogP contribution < -0.4 is 5.32 Å². The molecule has 0 saturated carbocycles. The van der Waals surface area contributed by atoms with Crippen LogP contribution in [0.3, 0.4) is 0 Å². The van der Waals surface area contributed by atoms with Gasteiger partial charge in [0.05, 0.1) is 10.0 Å². The Labute approximate surface area is 128 Å². The van der Waals surface area contributed by atoms with Crippen LogP contribution in [-0.4, -0.2) is 11.4 Å². The average molecular weight is 321 g/mol. The van der Waals surface area contributed by atoms with Gasteiger partial charge in [0.1, 0.15) is 0 Å². The van der Waals surface area contributed by atoms with E-state index in [-0.39, 0.29) is 11.4 Å². The Hall–Kier alpha value is -0.440. The van der Waals surface area contributed by atoms with Gasteiger partial charge in [0.15, 0.2) is 0 Å². The first-order valence-electron chi connectivity index (χ1n) is 6.29. The van der Waals surface area contributed by atoms with Gasteiger partial charge in [-0.25, -0.2) is 0 Å². The summed E-state index contributed by atoms with van der Waals surface area (Å²) < 4.78 is 0. The van der Waals surface area contributed by atoms with Crippen molar-refractivity contribution in [3.63, 3.8) is 0 Å². The number of carbonyl (C=O) groups is 1. The summed E-state index contributed by atoms with van der Waals surface area (Å²) in [5, 5.41) is 4.65. The number of nitrogens with one attached hydrogen (secondary N) is 1. The van der Waals surface area contributed by atoms with E-state index in [1.807, 2.05) is 0 Å². The van der Waals surface area contributed by atoms with E-state index in [4.69, 9.17) is 34.8 Å². The molecule has 1 atom stereocenters. The fraction of sp³-hybridized carbons (Fsp3) is 0.500. The van der Waals surface area contributed by atoms with Gasteiger partial charge in [-0.05, 0) is 36.5 Å². The molecule has 1 aromatic rings. The van der Waals surface area contributed by atoms with Crippen LogP contribution in [0.1, 0.15) is 32.3 Å². The highest BCUT2D eigenvalue weighted by Crippen LogP contribution is 2.38. The van der Waals surface area contributed by atoms with Crippen molar-refractivity contribution < 1.29 is 4.79 Å². The van der Waals surface area contributed by atoms with Crippen molar-refractivity contribution in [2.24, 2.45) is 5.92 Å². The number of benzene rings is 1. The van der Waals surface area contributed by atoms with E-state index in [9.17, 15) is 4.79 Å². The standard InChI is InChI=1S/C14H16Cl3NO/c1-8(2)14(6-5-12(19)18-14)7-9-10(15)3-4-11(16)13(9)17/h3-4,8H,5-7H2,1-2H3,(H,18,19). The molecule has 5 heteroatoms. The molecule has 0 spiro atoms. The van der Waals surface area contributed by atoms with E-state index in [1.54, 1.807) is 12.1 Å². The molecule has 1 aliphatic rings. The molecule has 0 radical (unpaired) electrons. The topological polar surface area (TPSA) is 29.1 Å². The quantitative estimate of drug-likeness (QED) is 0.817. The third-order valence-electron chi connectivity index (χ3n) is 3.92. The highest BCUT2D eigenvalue weighted by molar-refractivity contribution is 6.44. The molecule has 1 heterocycles. The third-order valence-corrected chi connectivity index (χ3v) is 5.12. The Morgan fingerprint density at radius 1 is 1.26 bits per heavy atom. The summed E-state index contributed by atoms with van der Waals surface area (Å²) in [5.41, 5.74) is 0.529. The average Bonchev–Trinajstić information content (AvgIpc) is 2.73. The molecule has 2 nitrogen and oxygen atoms in total. The summed E-state index contributed by atoms with van der Waals surface area (Å²) >= 11 is 18.5. The van der Waals surface area contributed by atoms with Gasteiger partial charge in [-0.1, -0.05) is 48.7 Å². The SMILES string of the molecule is CC(C)C1(Cc2c(Cl)ccc(Cl)c2Cl)CCC(=O)N1. The van der Waals surface area contributed by atoms with Crippen molar-refractivity contribution in [2.45, 2.75) is 38.6 Å². The molecule has 1 amide bonds. The number of hydrogen-bond acceptors (Lipinski definition) is 1. The van der Waals surface area contributed by atoms with E-state index in [2.05, 4.69) is 19.2 Å². The summed E-state index contributed by atoms with van der Waals surface area (Å²) in [6.45, 7) is 4.19. The van der Waals surface area contributed by atoms with Crippen LogP contribution in [0.2, 0.25) is 15.1 Å². The summed E-state index contributed by atoms with van der Waals surface area (Å²) in [5.74, 6) is 0.382. The van der Waals surface area contributed by atoms with E-state index in [0.29, 0.717) is 33.8 Å². The highest BCUT2D eigenvalue weighted by Gasteiger charge is 2.41. The van der Waals surface area contributed by atoms with Crippen molar-refractivity contribution in [1.29, 1.82) is 0 Å². The monoisotopic (exact) mass is 319 g/mol. The molecule has 1 unspecified atom stereocenters. The van der Waals surface area contributed by atoms with Crippen molar-refractivity contribution in [2.75, 3.05) is 0 Å². The van der Waals surface area contributed by atoms with E-state index in [1.165, 1.54) is 0 Å². The van der Waals surface area contributed by atoms with E-state index >= 15 is 0 Å². The lowest BCUT2D eigenvalue weighted by Crippen LogP contribution is -2.48. The van der Waals surface area contributed by atoms with Crippen LogP contribution in [0.4, 0.5) is 0 Å². The van der Waals surface area contributed by atoms with Gasteiger partial charge < -0.3 is 5.32 Å². The van der Waals surface area contributed by atoms with Crippen LogP contribution in [0, 0.1) is 5.92 Å². The lowest BCUT2D eigenvalue weighted by molar-refractivity contribution is -0.120. The summed E-state index contributed by atoms with van der Waals surface area (Å²) in [6.07, 6.45) is 1.95. The minimum Gasteiger partial charge on any atom is -0.350 e. The summed E-state index contributed by atoms with van der Waals surface area (Å²) in [6, 6.07) is 3.43. The van der Waals surface area contributed by atoms with Gasteiger partial charge in [-0.2, -0.15) is 0 Å². The third kappa shape index (κ3) is 2.86. The lowest BCUT2D eigenvalue weighted by Gasteiger charge is -2.34. The Balaban J connectivity index is 2.39. The number of halogens is 3. The fourth-order valence-corrected chi connectivity index (χ4v) is 3.24. The molecular weight excluding hydrogens is 305 g/mol. The first-order chi connectivity index (χ1) is 8.85. The Kier molecular flexibility index (Phi) is 4.34. The Bertz CT molecular complexity index is 516. The molecule has 1 fully saturated rings. The Morgan fingerprint density at radius 3 is 2.42 bits per heavy atom. The molecule has 1 N–H and O–H groups in total. The van der Waals surface area contributed by atoms with Crippen molar-refractivity contribution in [3.8, 4) is 0 Å². The van der Waals surface area contributed by atoms with Gasteiger partial charge >= 0.3 is 0 Å². The van der Waals surface area contributed by atoms with Gasteiger partial charge in [-0.15, -0.1) is 0 Å². The zero-order chi connectivity index (χ0) is 14.2. The number of rotatable bonds is 3. The largest absolute Gasteiger partial charge is 0.350 e. The second-order valence-electron chi connectivity index (χ2n) is 5.36. The van der Waals surface area contributed by atoms with Gasteiger partial charge in [0, 0.05) is 17.0 Å². The van der Waals surface area contributed by atoms with Gasteiger partial charge in [0.2, 0.25) is 5.91 Å². The zero-order valence-corrected chi connectivity index (χ0v) is 13.2. The van der Waals surface area contributed by atoms with Gasteiger partial charge in [-0.3, -0.25) is 4.79 Å². The fourth-order valence-electron chi connectivity index (χ4n) is 2.56. The molecule has 1 saturated heterocycles. The number of amides is 1. The molecule has 104 valence electrons. The zero-order valence-electron chi connectivity index (χ0n) is 10.9. The maximum Gasteiger partial charge on any atom is 0.220 e. The maximum absolute atomic E-state index is 11.6. The first kappa shape index (κ1) is 15.0. The molecule has 0 bridgehead atoms. The molecule has 0 aliphatic carbocycles. The molecule has 1 aromatic carbocycles. The van der Waals surface area contributed by atoms with Gasteiger partial charge in [0.25, 0.3) is 0 Å². The molecule has 19 heavy (non-hydrogen) atoms. The minimum atomic E-state index is -0.283. The molecular formula is C14H16Cl3NO. The van der Waals surface area contributed by atoms with Crippen LogP contribution in [0.15, 0.2) is 12.1 Å². The van der Waals surface area contributed by atoms with Crippen molar-refractivity contribution >= 4 is 40.7 Å². The number of hydrogen-bond donors (Lipinski definition) is 1. The van der Waals surface area contributed by atoms with Crippen molar-refractivity contribution in [1.82, 2.24) is 5.32 Å². The van der Waals surface area contributed by atoms with Crippen LogP contribution in [0.5, 0.6) is 0 Å². The normalized spacial score (nSPS) is 22.9. The first-order valence-corrected chi connectivity index (χ1v) is 7.42. The highest BCUT2D eigenvalue weighted by atomic mass is 35.5.